The Balaban J connectivity index is -0.00000450. The fourth-order valence-corrected chi connectivity index (χ4v) is 3.25. The standard InChI is InChI=1S/C25H50N2O4.Li.H/c1-7-9-11-13-15-17-26(5)23(28)19-30-21-25(3,4)22-31-20-24(29)27(6)18-16-14-12-10-8-2;;/h7-22H2,1-6H3;;/q;+1;-1. The maximum Gasteiger partial charge on any atom is 1.00 e. The van der Waals surface area contributed by atoms with Crippen LogP contribution < -0.4 is 18.9 Å². The summed E-state index contributed by atoms with van der Waals surface area (Å²) in [5, 5.41) is 0. The summed E-state index contributed by atoms with van der Waals surface area (Å²) in [5.41, 5.74) is -0.252. The number of rotatable bonds is 20. The van der Waals surface area contributed by atoms with Gasteiger partial charge in [0.2, 0.25) is 11.8 Å². The molecule has 186 valence electrons. The van der Waals surface area contributed by atoms with Crippen molar-refractivity contribution in [3.05, 3.63) is 0 Å². The molecule has 0 rings (SSSR count). The number of carbonyl (C=O) groups is 2. The number of hydrogen-bond acceptors (Lipinski definition) is 4. The second kappa shape index (κ2) is 21.0. The first-order valence-corrected chi connectivity index (χ1v) is 12.4. The first-order valence-electron chi connectivity index (χ1n) is 12.4. The van der Waals surface area contributed by atoms with Gasteiger partial charge >= 0.3 is 18.9 Å². The summed E-state index contributed by atoms with van der Waals surface area (Å²) in [6.07, 6.45) is 11.9. The molecule has 0 unspecified atom stereocenters. The Bertz CT molecular complexity index is 441. The molecule has 0 radical (unpaired) electrons. The zero-order valence-electron chi connectivity index (χ0n) is 23.3. The van der Waals surface area contributed by atoms with E-state index in [0.29, 0.717) is 13.2 Å². The van der Waals surface area contributed by atoms with Gasteiger partial charge in [-0.25, -0.2) is 0 Å². The minimum Gasteiger partial charge on any atom is -1.00 e. The molecule has 2 amide bonds. The summed E-state index contributed by atoms with van der Waals surface area (Å²) < 4.78 is 11.3. The van der Waals surface area contributed by atoms with E-state index in [4.69, 9.17) is 9.47 Å². The molecule has 0 fully saturated rings. The Hall–Kier alpha value is -0.543. The summed E-state index contributed by atoms with van der Waals surface area (Å²) in [6.45, 7) is 11.0. The molecule has 0 N–H and O–H groups in total. The van der Waals surface area contributed by atoms with Crippen LogP contribution in [0.5, 0.6) is 0 Å². The molecule has 0 aromatic heterocycles. The molecule has 0 heterocycles. The Labute approximate surface area is 211 Å². The monoisotopic (exact) mass is 450 g/mol. The van der Waals surface area contributed by atoms with E-state index in [1.165, 1.54) is 51.4 Å². The SMILES string of the molecule is CCCCCCCN(C)C(=O)COCC(C)(C)COCC(=O)N(C)CCCCCCC.[H-].[Li+]. The van der Waals surface area contributed by atoms with Crippen LogP contribution in [-0.2, 0) is 19.1 Å². The van der Waals surface area contributed by atoms with Crippen molar-refractivity contribution in [3.8, 4) is 0 Å². The number of amides is 2. The third-order valence-electron chi connectivity index (χ3n) is 5.48. The van der Waals surface area contributed by atoms with E-state index in [1.54, 1.807) is 9.80 Å². The molecule has 0 aliphatic carbocycles. The van der Waals surface area contributed by atoms with Gasteiger partial charge in [-0.1, -0.05) is 79.1 Å². The van der Waals surface area contributed by atoms with Crippen molar-refractivity contribution >= 4 is 11.8 Å². The molecular weight excluding hydrogens is 399 g/mol. The van der Waals surface area contributed by atoms with Crippen LogP contribution in [0.1, 0.15) is 93.3 Å². The largest absolute Gasteiger partial charge is 1.00 e. The van der Waals surface area contributed by atoms with E-state index in [1.807, 2.05) is 27.9 Å². The maximum absolute atomic E-state index is 12.2. The van der Waals surface area contributed by atoms with Gasteiger partial charge in [0.15, 0.2) is 0 Å². The normalized spacial score (nSPS) is 11.2. The molecule has 32 heavy (non-hydrogen) atoms. The van der Waals surface area contributed by atoms with Gasteiger partial charge in [-0.15, -0.1) is 0 Å². The van der Waals surface area contributed by atoms with Crippen LogP contribution in [0.15, 0.2) is 0 Å². The minimum atomic E-state index is -0.252. The van der Waals surface area contributed by atoms with Crippen LogP contribution in [0.4, 0.5) is 0 Å². The number of ether oxygens (including phenoxy) is 2. The van der Waals surface area contributed by atoms with Crippen LogP contribution in [0.25, 0.3) is 0 Å². The molecular formula is C25H51LiN2O4. The van der Waals surface area contributed by atoms with Crippen LogP contribution in [0.3, 0.4) is 0 Å². The summed E-state index contributed by atoms with van der Waals surface area (Å²) in [6, 6.07) is 0. The van der Waals surface area contributed by atoms with Crippen molar-refractivity contribution in [2.75, 3.05) is 53.6 Å². The number of nitrogens with zero attached hydrogens (tertiary/aromatic N) is 2. The van der Waals surface area contributed by atoms with Crippen molar-refractivity contribution < 1.29 is 39.4 Å². The molecule has 7 heteroatoms. The second-order valence-electron chi connectivity index (χ2n) is 9.61. The number of likely N-dealkylation sites (N-methyl/N-ethyl adjacent to an activating group) is 2. The fourth-order valence-electron chi connectivity index (χ4n) is 3.25. The van der Waals surface area contributed by atoms with Crippen LogP contribution in [-0.4, -0.2) is 75.2 Å². The van der Waals surface area contributed by atoms with E-state index in [2.05, 4.69) is 13.8 Å². The summed E-state index contributed by atoms with van der Waals surface area (Å²) in [4.78, 5) is 27.9. The molecule has 0 aliphatic rings. The molecule has 0 saturated carbocycles. The van der Waals surface area contributed by atoms with Gasteiger partial charge in [-0.3, -0.25) is 9.59 Å². The van der Waals surface area contributed by atoms with E-state index < -0.39 is 0 Å². The van der Waals surface area contributed by atoms with Crippen LogP contribution >= 0.6 is 0 Å². The molecule has 0 atom stereocenters. The average molecular weight is 451 g/mol. The third-order valence-corrected chi connectivity index (χ3v) is 5.48. The molecule has 0 aliphatic heterocycles. The van der Waals surface area contributed by atoms with E-state index >= 15 is 0 Å². The first kappa shape index (κ1) is 33.6. The third kappa shape index (κ3) is 19.0. The Morgan fingerprint density at radius 2 is 1.03 bits per heavy atom. The van der Waals surface area contributed by atoms with Crippen molar-refractivity contribution in [2.24, 2.45) is 5.41 Å². The zero-order valence-corrected chi connectivity index (χ0v) is 22.3. The maximum atomic E-state index is 12.2. The van der Waals surface area contributed by atoms with Gasteiger partial charge < -0.3 is 20.7 Å². The topological polar surface area (TPSA) is 59.1 Å². The Morgan fingerprint density at radius 3 is 1.38 bits per heavy atom. The molecule has 6 nitrogen and oxygen atoms in total. The van der Waals surface area contributed by atoms with Gasteiger partial charge in [0.05, 0.1) is 13.2 Å². The number of unbranched alkanes of at least 4 members (excludes halogenated alkanes) is 8. The molecule has 0 saturated heterocycles. The molecule has 0 spiro atoms. The number of hydrogen-bond donors (Lipinski definition) is 0. The first-order chi connectivity index (χ1) is 14.7. The van der Waals surface area contributed by atoms with Crippen molar-refractivity contribution in [1.82, 2.24) is 9.80 Å². The fraction of sp³-hybridized carbons (Fsp3) is 0.920. The Kier molecular flexibility index (Phi) is 22.1. The second-order valence-corrected chi connectivity index (χ2v) is 9.61. The van der Waals surface area contributed by atoms with Gasteiger partial charge in [0, 0.05) is 32.6 Å². The molecule has 0 aromatic carbocycles. The Morgan fingerprint density at radius 1 is 0.688 bits per heavy atom. The van der Waals surface area contributed by atoms with Gasteiger partial charge in [-0.05, 0) is 12.8 Å². The van der Waals surface area contributed by atoms with Gasteiger partial charge in [0.1, 0.15) is 13.2 Å². The van der Waals surface area contributed by atoms with Crippen LogP contribution in [0.2, 0.25) is 0 Å². The summed E-state index contributed by atoms with van der Waals surface area (Å²) in [7, 11) is 3.68. The average Bonchev–Trinajstić information content (AvgIpc) is 2.72. The minimum absolute atomic E-state index is 0. The van der Waals surface area contributed by atoms with E-state index in [9.17, 15) is 9.59 Å². The summed E-state index contributed by atoms with van der Waals surface area (Å²) in [5.74, 6) is 0.0332. The van der Waals surface area contributed by atoms with Crippen molar-refractivity contribution in [1.29, 1.82) is 0 Å². The van der Waals surface area contributed by atoms with Gasteiger partial charge in [-0.2, -0.15) is 0 Å². The predicted octanol–water partition coefficient (Wildman–Crippen LogP) is 2.02. The zero-order chi connectivity index (χ0) is 23.5. The molecule has 0 bridgehead atoms. The molecule has 0 aromatic rings. The van der Waals surface area contributed by atoms with Gasteiger partial charge in [0.25, 0.3) is 0 Å². The smallest absolute Gasteiger partial charge is 1.00 e. The predicted molar refractivity (Wildman–Crippen MR) is 129 cm³/mol. The quantitative estimate of drug-likeness (QED) is 0.210. The van der Waals surface area contributed by atoms with Crippen molar-refractivity contribution in [2.45, 2.75) is 91.9 Å². The van der Waals surface area contributed by atoms with E-state index in [0.717, 1.165) is 25.9 Å². The number of carbonyl (C=O) groups excluding carboxylic acids is 2. The summed E-state index contributed by atoms with van der Waals surface area (Å²) >= 11 is 0. The van der Waals surface area contributed by atoms with E-state index in [-0.39, 0.29) is 50.7 Å². The van der Waals surface area contributed by atoms with Crippen molar-refractivity contribution in [3.63, 3.8) is 0 Å². The van der Waals surface area contributed by atoms with Crippen LogP contribution in [0, 0.1) is 5.41 Å².